The van der Waals surface area contributed by atoms with Crippen LogP contribution in [0.3, 0.4) is 0 Å². The van der Waals surface area contributed by atoms with Crippen molar-refractivity contribution in [2.45, 2.75) is 12.8 Å². The molecule has 33 heavy (non-hydrogen) atoms. The molecule has 0 saturated heterocycles. The number of halogens is 1. The van der Waals surface area contributed by atoms with Gasteiger partial charge in [0.15, 0.2) is 23.3 Å². The van der Waals surface area contributed by atoms with Crippen molar-refractivity contribution in [1.29, 1.82) is 0 Å². The maximum atomic E-state index is 12.9. The molecule has 0 radical (unpaired) electrons. The maximum absolute atomic E-state index is 12.9. The zero-order valence-electron chi connectivity index (χ0n) is 17.6. The number of hydrogen-bond donors (Lipinski definition) is 2. The molecule has 0 fully saturated rings. The summed E-state index contributed by atoms with van der Waals surface area (Å²) < 4.78 is 0. The number of anilines is 1. The van der Waals surface area contributed by atoms with Crippen LogP contribution in [0, 0.1) is 11.8 Å². The Morgan fingerprint density at radius 3 is 2.30 bits per heavy atom. The first-order valence-electron chi connectivity index (χ1n) is 10.3. The van der Waals surface area contributed by atoms with Crippen molar-refractivity contribution in [1.82, 2.24) is 0 Å². The van der Waals surface area contributed by atoms with Gasteiger partial charge in [0.05, 0.1) is 0 Å². The lowest BCUT2D eigenvalue weighted by atomic mass is 9.92. The maximum Gasteiger partial charge on any atom is 0.243 e. The molecule has 2 aromatic carbocycles. The highest BCUT2D eigenvalue weighted by Crippen LogP contribution is 2.19. The Kier molecular flexibility index (Phi) is 8.11. The highest BCUT2D eigenvalue weighted by atomic mass is 35.5. The standard InChI is InChI=1S/C26H22ClNO5/c27-19-7-9-20(10-8-19)28-26(33)25(23(31)15-5-17-1-11-21(29)12-2-17)24(32)16-6-18-3-13-22(30)14-4-18/h1-3,5-13,15-16,18,25,29H,4,14H2,(H,28,33)/b15-5+,16-6+. The number of phenolic OH excluding ortho intramolecular Hbond substituents is 1. The Morgan fingerprint density at radius 2 is 1.67 bits per heavy atom. The van der Waals surface area contributed by atoms with Gasteiger partial charge >= 0.3 is 0 Å². The number of carbonyl (C=O) groups is 4. The molecule has 168 valence electrons. The van der Waals surface area contributed by atoms with Crippen LogP contribution in [-0.4, -0.2) is 28.4 Å². The Bertz CT molecular complexity index is 1130. The van der Waals surface area contributed by atoms with Gasteiger partial charge in [0.1, 0.15) is 5.75 Å². The van der Waals surface area contributed by atoms with Gasteiger partial charge < -0.3 is 10.4 Å². The van der Waals surface area contributed by atoms with Crippen molar-refractivity contribution < 1.29 is 24.3 Å². The smallest absolute Gasteiger partial charge is 0.243 e. The van der Waals surface area contributed by atoms with E-state index in [0.29, 0.717) is 29.1 Å². The molecule has 1 aliphatic carbocycles. The minimum absolute atomic E-state index is 0.0285. The number of carbonyl (C=O) groups excluding carboxylic acids is 4. The molecule has 0 aliphatic heterocycles. The van der Waals surface area contributed by atoms with Crippen LogP contribution >= 0.6 is 11.6 Å². The van der Waals surface area contributed by atoms with E-state index in [2.05, 4.69) is 5.32 Å². The van der Waals surface area contributed by atoms with E-state index in [1.165, 1.54) is 36.4 Å². The summed E-state index contributed by atoms with van der Waals surface area (Å²) in [5, 5.41) is 12.4. The van der Waals surface area contributed by atoms with Crippen LogP contribution in [0.15, 0.2) is 78.9 Å². The van der Waals surface area contributed by atoms with E-state index in [1.807, 2.05) is 0 Å². The first-order chi connectivity index (χ1) is 15.8. The lowest BCUT2D eigenvalue weighted by Crippen LogP contribution is -2.34. The van der Waals surface area contributed by atoms with E-state index in [9.17, 15) is 24.3 Å². The lowest BCUT2D eigenvalue weighted by Gasteiger charge is -2.13. The highest BCUT2D eigenvalue weighted by molar-refractivity contribution is 6.30. The fourth-order valence-electron chi connectivity index (χ4n) is 3.20. The molecule has 0 spiro atoms. The van der Waals surface area contributed by atoms with Gasteiger partial charge in [-0.2, -0.15) is 0 Å². The predicted molar refractivity (Wildman–Crippen MR) is 127 cm³/mol. The summed E-state index contributed by atoms with van der Waals surface area (Å²) in [4.78, 5) is 50.0. The molecule has 0 aromatic heterocycles. The van der Waals surface area contributed by atoms with Crippen LogP contribution in [0.5, 0.6) is 5.75 Å². The second-order valence-corrected chi connectivity index (χ2v) is 7.98. The van der Waals surface area contributed by atoms with Crippen molar-refractivity contribution in [3.8, 4) is 5.75 Å². The molecule has 6 nitrogen and oxygen atoms in total. The van der Waals surface area contributed by atoms with Crippen LogP contribution in [0.1, 0.15) is 18.4 Å². The SMILES string of the molecule is O=C1C=CC(/C=C/C(=O)C(C(=O)/C=C/c2ccc(O)cc2)C(=O)Nc2ccc(Cl)cc2)CC1. The molecule has 3 rings (SSSR count). The molecule has 2 atom stereocenters. The van der Waals surface area contributed by atoms with E-state index in [0.717, 1.165) is 0 Å². The average Bonchev–Trinajstić information content (AvgIpc) is 2.80. The fraction of sp³-hybridized carbons (Fsp3) is 0.154. The summed E-state index contributed by atoms with van der Waals surface area (Å²) in [5.41, 5.74) is 1.02. The van der Waals surface area contributed by atoms with Crippen molar-refractivity contribution in [3.05, 3.63) is 89.5 Å². The number of nitrogens with one attached hydrogen (secondary N) is 1. The summed E-state index contributed by atoms with van der Waals surface area (Å²) >= 11 is 5.86. The Morgan fingerprint density at radius 1 is 1.00 bits per heavy atom. The lowest BCUT2D eigenvalue weighted by molar-refractivity contribution is -0.134. The van der Waals surface area contributed by atoms with E-state index in [-0.39, 0.29) is 17.5 Å². The molecule has 1 amide bonds. The van der Waals surface area contributed by atoms with Gasteiger partial charge in [0, 0.05) is 17.1 Å². The summed E-state index contributed by atoms with van der Waals surface area (Å²) in [6, 6.07) is 12.4. The van der Waals surface area contributed by atoms with Gasteiger partial charge in [-0.25, -0.2) is 0 Å². The van der Waals surface area contributed by atoms with Gasteiger partial charge in [-0.3, -0.25) is 19.2 Å². The number of aromatic hydroxyl groups is 1. The Balaban J connectivity index is 1.80. The molecule has 2 N–H and O–H groups in total. The van der Waals surface area contributed by atoms with Crippen molar-refractivity contribution in [2.75, 3.05) is 5.32 Å². The van der Waals surface area contributed by atoms with Crippen molar-refractivity contribution >= 4 is 46.6 Å². The largest absolute Gasteiger partial charge is 0.508 e. The van der Waals surface area contributed by atoms with E-state index < -0.39 is 23.4 Å². The number of benzene rings is 2. The molecule has 2 unspecified atom stereocenters. The zero-order valence-corrected chi connectivity index (χ0v) is 18.4. The van der Waals surface area contributed by atoms with Gasteiger partial charge in [-0.15, -0.1) is 0 Å². The van der Waals surface area contributed by atoms with Crippen LogP contribution in [0.2, 0.25) is 5.02 Å². The van der Waals surface area contributed by atoms with Crippen LogP contribution in [0.25, 0.3) is 6.08 Å². The van der Waals surface area contributed by atoms with Crippen molar-refractivity contribution in [3.63, 3.8) is 0 Å². The van der Waals surface area contributed by atoms with Gasteiger partial charge in [0.2, 0.25) is 5.91 Å². The molecule has 0 bridgehead atoms. The monoisotopic (exact) mass is 463 g/mol. The number of rotatable bonds is 8. The first kappa shape index (κ1) is 23.9. The van der Waals surface area contributed by atoms with E-state index >= 15 is 0 Å². The third-order valence-corrected chi connectivity index (χ3v) is 5.29. The highest BCUT2D eigenvalue weighted by Gasteiger charge is 2.31. The predicted octanol–water partition coefficient (Wildman–Crippen LogP) is 4.54. The third kappa shape index (κ3) is 7.12. The minimum Gasteiger partial charge on any atom is -0.508 e. The number of amides is 1. The number of hydrogen-bond acceptors (Lipinski definition) is 5. The molecule has 2 aromatic rings. The molecular weight excluding hydrogens is 442 g/mol. The van der Waals surface area contributed by atoms with Gasteiger partial charge in [-0.1, -0.05) is 42.0 Å². The summed E-state index contributed by atoms with van der Waals surface area (Å²) in [6.45, 7) is 0. The normalized spacial score (nSPS) is 16.8. The quantitative estimate of drug-likeness (QED) is 0.442. The Labute approximate surface area is 196 Å². The second kappa shape index (κ2) is 11.2. The summed E-state index contributed by atoms with van der Waals surface area (Å²) in [5.74, 6) is -3.70. The van der Waals surface area contributed by atoms with Gasteiger partial charge in [0.25, 0.3) is 0 Å². The molecule has 1 aliphatic rings. The Hall–Kier alpha value is -3.77. The molecule has 7 heteroatoms. The van der Waals surface area contributed by atoms with Crippen LogP contribution < -0.4 is 5.32 Å². The molecular formula is C26H22ClNO5. The van der Waals surface area contributed by atoms with Crippen LogP contribution in [0.4, 0.5) is 5.69 Å². The van der Waals surface area contributed by atoms with E-state index in [4.69, 9.17) is 11.6 Å². The molecule has 0 saturated carbocycles. The number of allylic oxidation sites excluding steroid dienone is 5. The average molecular weight is 464 g/mol. The fourth-order valence-corrected chi connectivity index (χ4v) is 3.33. The molecule has 0 heterocycles. The second-order valence-electron chi connectivity index (χ2n) is 7.55. The number of ketones is 3. The topological polar surface area (TPSA) is 101 Å². The van der Waals surface area contributed by atoms with Gasteiger partial charge in [-0.05, 0) is 72.5 Å². The minimum atomic E-state index is -1.58. The van der Waals surface area contributed by atoms with Crippen molar-refractivity contribution in [2.24, 2.45) is 11.8 Å². The third-order valence-electron chi connectivity index (χ3n) is 5.04. The number of phenols is 1. The van der Waals surface area contributed by atoms with Crippen LogP contribution in [-0.2, 0) is 19.2 Å². The summed E-state index contributed by atoms with van der Waals surface area (Å²) in [7, 11) is 0. The van der Waals surface area contributed by atoms with E-state index in [1.54, 1.807) is 48.6 Å². The zero-order chi connectivity index (χ0) is 23.8. The first-order valence-corrected chi connectivity index (χ1v) is 10.7. The summed E-state index contributed by atoms with van der Waals surface area (Å²) in [6.07, 6.45) is 9.59.